The summed E-state index contributed by atoms with van der Waals surface area (Å²) in [5.41, 5.74) is 3.07. The van der Waals surface area contributed by atoms with Gasteiger partial charge in [-0.15, -0.1) is 0 Å². The fourth-order valence-corrected chi connectivity index (χ4v) is 6.16. The zero-order valence-corrected chi connectivity index (χ0v) is 24.0. The van der Waals surface area contributed by atoms with Crippen LogP contribution in [-0.4, -0.2) is 75.3 Å². The van der Waals surface area contributed by atoms with Gasteiger partial charge in [0.1, 0.15) is 15.8 Å². The molecule has 39 heavy (non-hydrogen) atoms. The van der Waals surface area contributed by atoms with Crippen molar-refractivity contribution in [3.05, 3.63) is 80.6 Å². The van der Waals surface area contributed by atoms with Crippen molar-refractivity contribution in [1.82, 2.24) is 19.2 Å². The highest BCUT2D eigenvalue weighted by Crippen LogP contribution is 2.33. The molecule has 0 spiro atoms. The summed E-state index contributed by atoms with van der Waals surface area (Å²) in [6, 6.07) is 14.3. The highest BCUT2D eigenvalue weighted by atomic mass is 32.2. The van der Waals surface area contributed by atoms with Gasteiger partial charge in [0.25, 0.3) is 11.5 Å². The standard InChI is InChI=1S/C29H33N5O3S2/c1-3-37-17-7-12-33-28(36)24(39-29(33)38)18-23-26(30-25-11-10-21(2)19-34(25)27(23)35)32-15-13-31(14-16-32)20-22-8-5-4-6-9-22/h4-6,8-11,18-19H,3,7,12-17,20H2,1-2H3/b24-18+. The third-order valence-corrected chi connectivity index (χ3v) is 8.31. The summed E-state index contributed by atoms with van der Waals surface area (Å²) in [6.45, 7) is 9.66. The lowest BCUT2D eigenvalue weighted by molar-refractivity contribution is -0.122. The Hall–Kier alpha value is -3.05. The quantitative estimate of drug-likeness (QED) is 0.220. The number of anilines is 1. The van der Waals surface area contributed by atoms with Gasteiger partial charge < -0.3 is 9.64 Å². The van der Waals surface area contributed by atoms with Crippen LogP contribution in [0.1, 0.15) is 30.0 Å². The highest BCUT2D eigenvalue weighted by Gasteiger charge is 2.33. The van der Waals surface area contributed by atoms with Crippen molar-refractivity contribution in [3.63, 3.8) is 0 Å². The van der Waals surface area contributed by atoms with E-state index in [1.54, 1.807) is 21.6 Å². The van der Waals surface area contributed by atoms with E-state index in [2.05, 4.69) is 34.1 Å². The Morgan fingerprint density at radius 2 is 1.85 bits per heavy atom. The Bertz CT molecular complexity index is 1450. The molecule has 1 amide bonds. The van der Waals surface area contributed by atoms with E-state index in [-0.39, 0.29) is 11.5 Å². The predicted octanol–water partition coefficient (Wildman–Crippen LogP) is 3.95. The van der Waals surface area contributed by atoms with E-state index in [9.17, 15) is 9.59 Å². The molecule has 0 saturated carbocycles. The molecular weight excluding hydrogens is 530 g/mol. The second-order valence-electron chi connectivity index (χ2n) is 9.72. The Morgan fingerprint density at radius 3 is 2.59 bits per heavy atom. The van der Waals surface area contributed by atoms with Crippen molar-refractivity contribution in [3.8, 4) is 0 Å². The van der Waals surface area contributed by atoms with E-state index in [1.807, 2.05) is 32.0 Å². The molecule has 0 atom stereocenters. The number of ether oxygens (including phenoxy) is 1. The molecule has 0 aliphatic carbocycles. The van der Waals surface area contributed by atoms with E-state index in [4.69, 9.17) is 21.9 Å². The lowest BCUT2D eigenvalue weighted by Gasteiger charge is -2.36. The summed E-state index contributed by atoms with van der Waals surface area (Å²) in [5, 5.41) is 0. The molecular formula is C29H33N5O3S2. The fraction of sp³-hybridized carbons (Fsp3) is 0.379. The molecule has 5 rings (SSSR count). The summed E-state index contributed by atoms with van der Waals surface area (Å²) >= 11 is 6.75. The molecule has 0 bridgehead atoms. The molecule has 10 heteroatoms. The largest absolute Gasteiger partial charge is 0.382 e. The molecule has 204 valence electrons. The van der Waals surface area contributed by atoms with Gasteiger partial charge in [0.05, 0.1) is 10.5 Å². The Kier molecular flexibility index (Phi) is 8.76. The van der Waals surface area contributed by atoms with Crippen LogP contribution < -0.4 is 10.5 Å². The van der Waals surface area contributed by atoms with Gasteiger partial charge in [-0.05, 0) is 43.5 Å². The van der Waals surface area contributed by atoms with E-state index in [1.165, 1.54) is 17.3 Å². The van der Waals surface area contributed by atoms with Crippen LogP contribution in [0, 0.1) is 6.92 Å². The van der Waals surface area contributed by atoms with Crippen LogP contribution in [0.3, 0.4) is 0 Å². The molecule has 2 aromatic heterocycles. The van der Waals surface area contributed by atoms with Crippen LogP contribution >= 0.6 is 24.0 Å². The van der Waals surface area contributed by atoms with Crippen molar-refractivity contribution in [2.75, 3.05) is 50.8 Å². The molecule has 2 aliphatic rings. The molecule has 2 aliphatic heterocycles. The minimum absolute atomic E-state index is 0.172. The minimum Gasteiger partial charge on any atom is -0.382 e. The van der Waals surface area contributed by atoms with Crippen LogP contribution in [0.5, 0.6) is 0 Å². The van der Waals surface area contributed by atoms with E-state index in [0.29, 0.717) is 52.4 Å². The topological polar surface area (TPSA) is 70.4 Å². The molecule has 8 nitrogen and oxygen atoms in total. The molecule has 0 N–H and O–H groups in total. The van der Waals surface area contributed by atoms with Gasteiger partial charge in [0, 0.05) is 58.7 Å². The maximum atomic E-state index is 13.8. The number of rotatable bonds is 9. The molecule has 0 unspecified atom stereocenters. The summed E-state index contributed by atoms with van der Waals surface area (Å²) < 4.78 is 7.48. The van der Waals surface area contributed by atoms with Gasteiger partial charge in [-0.2, -0.15) is 0 Å². The van der Waals surface area contributed by atoms with Crippen molar-refractivity contribution >= 4 is 51.7 Å². The van der Waals surface area contributed by atoms with Gasteiger partial charge in [0.2, 0.25) is 0 Å². The van der Waals surface area contributed by atoms with Gasteiger partial charge in [-0.1, -0.05) is 60.4 Å². The molecule has 0 radical (unpaired) electrons. The molecule has 2 saturated heterocycles. The average Bonchev–Trinajstić information content (AvgIpc) is 3.21. The Morgan fingerprint density at radius 1 is 1.08 bits per heavy atom. The maximum Gasteiger partial charge on any atom is 0.267 e. The number of amides is 1. The summed E-state index contributed by atoms with van der Waals surface area (Å²) in [4.78, 5) is 38.6. The number of thioether (sulfide) groups is 1. The molecule has 3 aromatic rings. The first kappa shape index (κ1) is 27.5. The third kappa shape index (κ3) is 6.24. The number of hydrogen-bond donors (Lipinski definition) is 0. The first-order chi connectivity index (χ1) is 18.9. The SMILES string of the molecule is CCOCCCN1C(=O)/C(=C\c2c(N3CCN(Cc4ccccc4)CC3)nc3ccc(C)cn3c2=O)SC1=S. The Balaban J connectivity index is 1.43. The average molecular weight is 564 g/mol. The smallest absolute Gasteiger partial charge is 0.267 e. The Labute approximate surface area is 238 Å². The number of aryl methyl sites for hydroxylation is 1. The van der Waals surface area contributed by atoms with Crippen LogP contribution in [0.25, 0.3) is 11.7 Å². The van der Waals surface area contributed by atoms with Crippen molar-refractivity contribution in [2.45, 2.75) is 26.8 Å². The summed E-state index contributed by atoms with van der Waals surface area (Å²) in [7, 11) is 0. The number of benzene rings is 1. The predicted molar refractivity (Wildman–Crippen MR) is 161 cm³/mol. The third-order valence-electron chi connectivity index (χ3n) is 6.93. The highest BCUT2D eigenvalue weighted by molar-refractivity contribution is 8.26. The zero-order valence-electron chi connectivity index (χ0n) is 22.3. The van der Waals surface area contributed by atoms with E-state index in [0.717, 1.165) is 38.3 Å². The number of nitrogens with zero attached hydrogens (tertiary/aromatic N) is 5. The second-order valence-corrected chi connectivity index (χ2v) is 11.4. The van der Waals surface area contributed by atoms with Crippen LogP contribution in [0.4, 0.5) is 5.82 Å². The number of piperazine rings is 1. The van der Waals surface area contributed by atoms with Crippen LogP contribution in [0.2, 0.25) is 0 Å². The number of carbonyl (C=O) groups is 1. The van der Waals surface area contributed by atoms with Crippen molar-refractivity contribution < 1.29 is 9.53 Å². The normalized spacial score (nSPS) is 17.6. The van der Waals surface area contributed by atoms with E-state index < -0.39 is 0 Å². The minimum atomic E-state index is -0.188. The zero-order chi connectivity index (χ0) is 27.4. The van der Waals surface area contributed by atoms with Gasteiger partial charge in [-0.3, -0.25) is 23.8 Å². The van der Waals surface area contributed by atoms with Crippen LogP contribution in [0.15, 0.2) is 58.4 Å². The number of hydrogen-bond acceptors (Lipinski definition) is 8. The number of pyridine rings is 1. The number of carbonyl (C=O) groups excluding carboxylic acids is 1. The van der Waals surface area contributed by atoms with Gasteiger partial charge >= 0.3 is 0 Å². The number of aromatic nitrogens is 2. The van der Waals surface area contributed by atoms with E-state index >= 15 is 0 Å². The fourth-order valence-electron chi connectivity index (χ4n) is 4.87. The monoisotopic (exact) mass is 563 g/mol. The first-order valence-electron chi connectivity index (χ1n) is 13.3. The summed E-state index contributed by atoms with van der Waals surface area (Å²) in [6.07, 6.45) is 4.19. The number of thiocarbonyl (C=S) groups is 1. The number of fused-ring (bicyclic) bond motifs is 1. The molecule has 4 heterocycles. The molecule has 1 aromatic carbocycles. The maximum absolute atomic E-state index is 13.8. The lowest BCUT2D eigenvalue weighted by Crippen LogP contribution is -2.47. The van der Waals surface area contributed by atoms with Crippen molar-refractivity contribution in [2.24, 2.45) is 0 Å². The first-order valence-corrected chi connectivity index (χ1v) is 14.5. The van der Waals surface area contributed by atoms with Crippen molar-refractivity contribution in [1.29, 1.82) is 0 Å². The lowest BCUT2D eigenvalue weighted by atomic mass is 10.2. The second kappa shape index (κ2) is 12.4. The van der Waals surface area contributed by atoms with Crippen LogP contribution in [-0.2, 0) is 16.1 Å². The molecule has 2 fully saturated rings. The van der Waals surface area contributed by atoms with Gasteiger partial charge in [0.15, 0.2) is 0 Å². The van der Waals surface area contributed by atoms with Gasteiger partial charge in [-0.25, -0.2) is 4.98 Å². The summed E-state index contributed by atoms with van der Waals surface area (Å²) in [5.74, 6) is 0.443.